The number of oxazole rings is 1. The minimum atomic E-state index is -0.599. The molecule has 0 aliphatic rings. The highest BCUT2D eigenvalue weighted by molar-refractivity contribution is 5.91. The Morgan fingerprint density at radius 2 is 2.00 bits per heavy atom. The zero-order valence-corrected chi connectivity index (χ0v) is 16.4. The zero-order chi connectivity index (χ0) is 21.4. The van der Waals surface area contributed by atoms with Gasteiger partial charge in [0.25, 0.3) is 0 Å². The van der Waals surface area contributed by atoms with Gasteiger partial charge in [-0.15, -0.1) is 0 Å². The van der Waals surface area contributed by atoms with Crippen molar-refractivity contribution < 1.29 is 27.5 Å². The van der Waals surface area contributed by atoms with Crippen LogP contribution >= 0.6 is 0 Å². The quantitative estimate of drug-likeness (QED) is 0.457. The van der Waals surface area contributed by atoms with Gasteiger partial charge in [-0.1, -0.05) is 0 Å². The van der Waals surface area contributed by atoms with Crippen molar-refractivity contribution >= 4 is 17.1 Å². The van der Waals surface area contributed by atoms with E-state index in [1.54, 1.807) is 30.8 Å². The minimum absolute atomic E-state index is 0.0906. The summed E-state index contributed by atoms with van der Waals surface area (Å²) in [5.74, 6) is -1.09. The Labute approximate surface area is 169 Å². The number of ether oxygens (including phenoxy) is 2. The van der Waals surface area contributed by atoms with Crippen LogP contribution < -0.4 is 4.74 Å². The molecule has 0 spiro atoms. The monoisotopic (exact) mass is 413 g/mol. The fraction of sp³-hybridized carbons (Fsp3) is 0.190. The SMILES string of the molecule is COC(=O)c1cc(-c2ncc(F)cc2OCc2cc(F)cc3oc(C)nc23)n(C)c1. The molecule has 0 fully saturated rings. The summed E-state index contributed by atoms with van der Waals surface area (Å²) in [4.78, 5) is 20.2. The maximum absolute atomic E-state index is 13.9. The molecule has 1 aromatic carbocycles. The predicted octanol–water partition coefficient (Wildman–Crippen LogP) is 4.18. The van der Waals surface area contributed by atoms with Gasteiger partial charge >= 0.3 is 5.97 Å². The maximum Gasteiger partial charge on any atom is 0.339 e. The molecule has 3 aromatic heterocycles. The minimum Gasteiger partial charge on any atom is -0.486 e. The fourth-order valence-electron chi connectivity index (χ4n) is 3.19. The number of hydrogen-bond acceptors (Lipinski definition) is 6. The maximum atomic E-state index is 13.9. The zero-order valence-electron chi connectivity index (χ0n) is 16.4. The van der Waals surface area contributed by atoms with Crippen molar-refractivity contribution in [1.29, 1.82) is 0 Å². The van der Waals surface area contributed by atoms with Crippen LogP contribution in [-0.2, 0) is 18.4 Å². The third-order valence-corrected chi connectivity index (χ3v) is 4.52. The van der Waals surface area contributed by atoms with Crippen LogP contribution in [0.2, 0.25) is 0 Å². The molecular formula is C21H17F2N3O4. The number of rotatable bonds is 5. The molecule has 9 heteroatoms. The van der Waals surface area contributed by atoms with Crippen LogP contribution in [0.3, 0.4) is 0 Å². The number of pyridine rings is 1. The number of halogens is 2. The number of aryl methyl sites for hydroxylation is 2. The standard InChI is InChI=1S/C21H17F2N3O4/c1-11-25-19-13(4-14(22)6-18(19)30-11)10-29-17-7-15(23)8-24-20(17)16-5-12(9-26(16)2)21(27)28-3/h4-9H,10H2,1-3H3. The van der Waals surface area contributed by atoms with Crippen LogP contribution in [0.5, 0.6) is 5.75 Å². The van der Waals surface area contributed by atoms with Crippen LogP contribution in [0.25, 0.3) is 22.5 Å². The Bertz CT molecular complexity index is 1260. The van der Waals surface area contributed by atoms with Crippen molar-refractivity contribution in [2.75, 3.05) is 7.11 Å². The molecule has 0 saturated carbocycles. The molecule has 0 atom stereocenters. The summed E-state index contributed by atoms with van der Waals surface area (Å²) in [5, 5.41) is 0. The third kappa shape index (κ3) is 3.61. The summed E-state index contributed by atoms with van der Waals surface area (Å²) in [5.41, 5.74) is 2.36. The molecule has 0 saturated heterocycles. The highest BCUT2D eigenvalue weighted by atomic mass is 19.1. The van der Waals surface area contributed by atoms with Gasteiger partial charge in [0.2, 0.25) is 0 Å². The van der Waals surface area contributed by atoms with Gasteiger partial charge in [-0.25, -0.2) is 23.5 Å². The van der Waals surface area contributed by atoms with E-state index < -0.39 is 17.6 Å². The second kappa shape index (κ2) is 7.58. The molecule has 4 aromatic rings. The van der Waals surface area contributed by atoms with Gasteiger partial charge < -0.3 is 18.5 Å². The molecular weight excluding hydrogens is 396 g/mol. The largest absolute Gasteiger partial charge is 0.486 e. The van der Waals surface area contributed by atoms with Crippen LogP contribution in [0.4, 0.5) is 8.78 Å². The summed E-state index contributed by atoms with van der Waals surface area (Å²) in [6, 6.07) is 5.28. The van der Waals surface area contributed by atoms with Crippen molar-refractivity contribution in [1.82, 2.24) is 14.5 Å². The van der Waals surface area contributed by atoms with E-state index >= 15 is 0 Å². The first-order valence-electron chi connectivity index (χ1n) is 8.94. The van der Waals surface area contributed by atoms with Gasteiger partial charge in [0.15, 0.2) is 17.2 Å². The molecule has 154 valence electrons. The topological polar surface area (TPSA) is 79.4 Å². The summed E-state index contributed by atoms with van der Waals surface area (Å²) in [7, 11) is 3.00. The van der Waals surface area contributed by atoms with E-state index in [-0.39, 0.29) is 12.4 Å². The van der Waals surface area contributed by atoms with Crippen LogP contribution in [0, 0.1) is 18.6 Å². The van der Waals surface area contributed by atoms with Gasteiger partial charge in [-0.3, -0.25) is 0 Å². The third-order valence-electron chi connectivity index (χ3n) is 4.52. The number of hydrogen-bond donors (Lipinski definition) is 0. The number of benzene rings is 1. The Morgan fingerprint density at radius 1 is 1.20 bits per heavy atom. The highest BCUT2D eigenvalue weighted by Crippen LogP contribution is 2.31. The average molecular weight is 413 g/mol. The van der Waals surface area contributed by atoms with Crippen molar-refractivity contribution in [3.05, 3.63) is 65.3 Å². The molecule has 0 unspecified atom stereocenters. The first-order chi connectivity index (χ1) is 14.4. The van der Waals surface area contributed by atoms with Crippen LogP contribution in [0.15, 0.2) is 41.1 Å². The Morgan fingerprint density at radius 3 is 2.77 bits per heavy atom. The van der Waals surface area contributed by atoms with E-state index in [9.17, 15) is 13.6 Å². The number of methoxy groups -OCH3 is 1. The normalized spacial score (nSPS) is 11.1. The summed E-state index contributed by atoms with van der Waals surface area (Å²) < 4.78 is 45.4. The van der Waals surface area contributed by atoms with E-state index in [1.165, 1.54) is 25.3 Å². The number of esters is 1. The van der Waals surface area contributed by atoms with Crippen molar-refractivity contribution in [2.45, 2.75) is 13.5 Å². The molecule has 0 aliphatic heterocycles. The van der Waals surface area contributed by atoms with Gasteiger partial charge in [0.1, 0.15) is 29.5 Å². The Balaban J connectivity index is 1.71. The first-order valence-corrected chi connectivity index (χ1v) is 8.94. The molecule has 0 aliphatic carbocycles. The second-order valence-electron chi connectivity index (χ2n) is 6.65. The van der Waals surface area contributed by atoms with Crippen molar-refractivity contribution in [3.63, 3.8) is 0 Å². The van der Waals surface area contributed by atoms with Crippen molar-refractivity contribution in [2.24, 2.45) is 7.05 Å². The lowest BCUT2D eigenvalue weighted by molar-refractivity contribution is 0.0600. The molecule has 0 radical (unpaired) electrons. The number of fused-ring (bicyclic) bond motifs is 1. The lowest BCUT2D eigenvalue weighted by Crippen LogP contribution is -2.02. The summed E-state index contributed by atoms with van der Waals surface area (Å²) in [6.07, 6.45) is 2.62. The average Bonchev–Trinajstić information content (AvgIpc) is 3.27. The summed E-state index contributed by atoms with van der Waals surface area (Å²) in [6.45, 7) is 1.57. The van der Waals surface area contributed by atoms with Gasteiger partial charge in [-0.2, -0.15) is 0 Å². The van der Waals surface area contributed by atoms with Gasteiger partial charge in [-0.05, 0) is 12.1 Å². The van der Waals surface area contributed by atoms with E-state index in [1.807, 2.05) is 0 Å². The van der Waals surface area contributed by atoms with Gasteiger partial charge in [0, 0.05) is 37.9 Å². The second-order valence-corrected chi connectivity index (χ2v) is 6.65. The molecule has 0 amide bonds. The number of carbonyl (C=O) groups excluding carboxylic acids is 1. The van der Waals surface area contributed by atoms with E-state index in [0.29, 0.717) is 39.5 Å². The van der Waals surface area contributed by atoms with E-state index in [2.05, 4.69) is 9.97 Å². The lowest BCUT2D eigenvalue weighted by atomic mass is 10.2. The van der Waals surface area contributed by atoms with Crippen LogP contribution in [-0.4, -0.2) is 27.6 Å². The van der Waals surface area contributed by atoms with Crippen molar-refractivity contribution in [3.8, 4) is 17.1 Å². The van der Waals surface area contributed by atoms with Gasteiger partial charge in [0.05, 0.1) is 24.6 Å². The highest BCUT2D eigenvalue weighted by Gasteiger charge is 2.18. The number of carbonyl (C=O) groups is 1. The molecule has 0 N–H and O–H groups in total. The van der Waals surface area contributed by atoms with E-state index in [0.717, 1.165) is 6.20 Å². The first kappa shape index (κ1) is 19.6. The number of aromatic nitrogens is 3. The smallest absolute Gasteiger partial charge is 0.339 e. The fourth-order valence-corrected chi connectivity index (χ4v) is 3.19. The molecule has 7 nitrogen and oxygen atoms in total. The molecule has 30 heavy (non-hydrogen) atoms. The Kier molecular flexibility index (Phi) is 4.94. The van der Waals surface area contributed by atoms with E-state index in [4.69, 9.17) is 13.9 Å². The Hall–Kier alpha value is -3.75. The van der Waals surface area contributed by atoms with Crippen LogP contribution in [0.1, 0.15) is 21.8 Å². The number of nitrogens with zero attached hydrogens (tertiary/aromatic N) is 3. The predicted molar refractivity (Wildman–Crippen MR) is 103 cm³/mol. The lowest BCUT2D eigenvalue weighted by Gasteiger charge is -2.12. The molecule has 4 rings (SSSR count). The summed E-state index contributed by atoms with van der Waals surface area (Å²) >= 11 is 0. The molecule has 0 bridgehead atoms. The molecule has 3 heterocycles.